The third-order valence-corrected chi connectivity index (χ3v) is 5.62. The molecule has 0 saturated carbocycles. The second kappa shape index (κ2) is 5.80. The Balaban J connectivity index is 1.58. The molecular formula is C18H24N2O3. The monoisotopic (exact) mass is 316 g/mol. The summed E-state index contributed by atoms with van der Waals surface area (Å²) in [6.07, 6.45) is 1.14. The maximum Gasteiger partial charge on any atom is 0.410 e. The van der Waals surface area contributed by atoms with Gasteiger partial charge >= 0.3 is 6.09 Å². The highest BCUT2D eigenvalue weighted by Crippen LogP contribution is 2.46. The molecule has 3 aliphatic heterocycles. The van der Waals surface area contributed by atoms with E-state index in [1.807, 2.05) is 30.0 Å². The molecule has 1 aromatic carbocycles. The molecule has 0 aromatic heterocycles. The number of benzene rings is 1. The van der Waals surface area contributed by atoms with Gasteiger partial charge in [0.2, 0.25) is 0 Å². The van der Waals surface area contributed by atoms with Crippen LogP contribution in [0.3, 0.4) is 0 Å². The first-order valence-electron chi connectivity index (χ1n) is 8.60. The van der Waals surface area contributed by atoms with Crippen molar-refractivity contribution in [1.82, 2.24) is 9.80 Å². The highest BCUT2D eigenvalue weighted by Gasteiger charge is 2.59. The zero-order valence-corrected chi connectivity index (χ0v) is 13.5. The first-order chi connectivity index (χ1) is 11.2. The van der Waals surface area contributed by atoms with Crippen molar-refractivity contribution in [2.24, 2.45) is 5.92 Å². The van der Waals surface area contributed by atoms with E-state index >= 15 is 0 Å². The highest BCUT2D eigenvalue weighted by atomic mass is 16.6. The molecule has 4 unspecified atom stereocenters. The van der Waals surface area contributed by atoms with Crippen molar-refractivity contribution >= 4 is 6.09 Å². The molecule has 3 saturated heterocycles. The quantitative estimate of drug-likeness (QED) is 0.925. The van der Waals surface area contributed by atoms with Gasteiger partial charge in [-0.25, -0.2) is 4.79 Å². The van der Waals surface area contributed by atoms with Crippen LogP contribution in [0.2, 0.25) is 0 Å². The summed E-state index contributed by atoms with van der Waals surface area (Å²) >= 11 is 0. The summed E-state index contributed by atoms with van der Waals surface area (Å²) in [7, 11) is 0. The number of likely N-dealkylation sites (tertiary alicyclic amines) is 1. The molecule has 1 N–H and O–H groups in total. The fourth-order valence-corrected chi connectivity index (χ4v) is 4.83. The van der Waals surface area contributed by atoms with Crippen LogP contribution in [-0.4, -0.2) is 58.4 Å². The average Bonchev–Trinajstić information content (AvgIpc) is 2.65. The Bertz CT molecular complexity index is 579. The zero-order chi connectivity index (χ0) is 16.0. The normalized spacial score (nSPS) is 35.6. The standard InChI is InChI=1S/C18H24N2O3/c1-2-23-18(22)20-14-8-13-9-15(20)17(21)16(14)19(11-13)10-12-6-4-3-5-7-12/h3-7,13-17,21H,2,8-11H2,1H3/t13?,14?,15?,16?,17-/m0/s1. The summed E-state index contributed by atoms with van der Waals surface area (Å²) in [5.41, 5.74) is 1.26. The van der Waals surface area contributed by atoms with E-state index in [9.17, 15) is 9.90 Å². The number of aliphatic hydroxyl groups excluding tert-OH is 1. The number of carbonyl (C=O) groups is 1. The van der Waals surface area contributed by atoms with Gasteiger partial charge in [-0.2, -0.15) is 0 Å². The summed E-state index contributed by atoms with van der Waals surface area (Å²) < 4.78 is 5.23. The Morgan fingerprint density at radius 2 is 2.00 bits per heavy atom. The molecule has 0 aliphatic carbocycles. The van der Waals surface area contributed by atoms with Crippen LogP contribution >= 0.6 is 0 Å². The lowest BCUT2D eigenvalue weighted by Crippen LogP contribution is -2.57. The summed E-state index contributed by atoms with van der Waals surface area (Å²) in [5, 5.41) is 10.8. The smallest absolute Gasteiger partial charge is 0.410 e. The Morgan fingerprint density at radius 1 is 1.26 bits per heavy atom. The van der Waals surface area contributed by atoms with Crippen molar-refractivity contribution in [2.45, 2.75) is 50.5 Å². The van der Waals surface area contributed by atoms with Crippen LogP contribution in [-0.2, 0) is 11.3 Å². The van der Waals surface area contributed by atoms with Crippen LogP contribution in [0.1, 0.15) is 25.3 Å². The molecule has 4 rings (SSSR count). The van der Waals surface area contributed by atoms with E-state index < -0.39 is 6.10 Å². The van der Waals surface area contributed by atoms with Gasteiger partial charge in [-0.1, -0.05) is 30.3 Å². The number of fused-ring (bicyclic) bond motifs is 2. The molecule has 0 radical (unpaired) electrons. The van der Waals surface area contributed by atoms with Crippen LogP contribution < -0.4 is 0 Å². The summed E-state index contributed by atoms with van der Waals surface area (Å²) in [6.45, 7) is 4.06. The van der Waals surface area contributed by atoms with E-state index in [1.165, 1.54) is 5.56 Å². The molecule has 1 aromatic rings. The van der Waals surface area contributed by atoms with Crippen LogP contribution in [0.5, 0.6) is 0 Å². The maximum absolute atomic E-state index is 12.3. The fraction of sp³-hybridized carbons (Fsp3) is 0.611. The molecule has 23 heavy (non-hydrogen) atoms. The van der Waals surface area contributed by atoms with Crippen molar-refractivity contribution < 1.29 is 14.6 Å². The van der Waals surface area contributed by atoms with E-state index in [-0.39, 0.29) is 24.2 Å². The van der Waals surface area contributed by atoms with Gasteiger partial charge in [0.25, 0.3) is 0 Å². The average molecular weight is 316 g/mol. The first-order valence-corrected chi connectivity index (χ1v) is 8.60. The largest absolute Gasteiger partial charge is 0.450 e. The van der Waals surface area contributed by atoms with Crippen LogP contribution in [0.4, 0.5) is 4.79 Å². The number of hydrogen-bond acceptors (Lipinski definition) is 4. The number of piperidine rings is 2. The molecule has 1 amide bonds. The van der Waals surface area contributed by atoms with E-state index in [1.54, 1.807) is 0 Å². The number of ether oxygens (including phenoxy) is 1. The van der Waals surface area contributed by atoms with Crippen molar-refractivity contribution in [3.63, 3.8) is 0 Å². The van der Waals surface area contributed by atoms with Crippen molar-refractivity contribution in [3.8, 4) is 0 Å². The topological polar surface area (TPSA) is 53.0 Å². The number of nitrogens with zero attached hydrogens (tertiary/aromatic N) is 2. The van der Waals surface area contributed by atoms with Gasteiger partial charge in [-0.3, -0.25) is 9.80 Å². The van der Waals surface area contributed by atoms with E-state index in [0.29, 0.717) is 12.5 Å². The van der Waals surface area contributed by atoms with Crippen molar-refractivity contribution in [3.05, 3.63) is 35.9 Å². The zero-order valence-electron chi connectivity index (χ0n) is 13.5. The minimum Gasteiger partial charge on any atom is -0.450 e. The second-order valence-electron chi connectivity index (χ2n) is 6.97. The van der Waals surface area contributed by atoms with Gasteiger partial charge in [-0.05, 0) is 31.2 Å². The lowest BCUT2D eigenvalue weighted by molar-refractivity contribution is 0.00753. The van der Waals surface area contributed by atoms with Crippen molar-refractivity contribution in [2.75, 3.05) is 13.2 Å². The van der Waals surface area contributed by atoms with Gasteiger partial charge in [0.05, 0.1) is 30.8 Å². The Morgan fingerprint density at radius 3 is 2.74 bits per heavy atom. The van der Waals surface area contributed by atoms with Gasteiger partial charge in [0, 0.05) is 13.1 Å². The number of rotatable bonds is 3. The molecule has 3 bridgehead atoms. The number of amides is 1. The van der Waals surface area contributed by atoms with Crippen LogP contribution in [0.25, 0.3) is 0 Å². The Kier molecular flexibility index (Phi) is 3.77. The second-order valence-corrected chi connectivity index (χ2v) is 6.97. The van der Waals surface area contributed by atoms with E-state index in [4.69, 9.17) is 4.74 Å². The minimum atomic E-state index is -0.472. The lowest BCUT2D eigenvalue weighted by atomic mass is 9.86. The SMILES string of the molecule is CCOC(=O)N1C2CC3CC1[C@H](O)C2N(Cc1ccccc1)C3. The fourth-order valence-electron chi connectivity index (χ4n) is 4.83. The molecule has 124 valence electrons. The molecule has 5 atom stereocenters. The lowest BCUT2D eigenvalue weighted by Gasteiger charge is -2.46. The van der Waals surface area contributed by atoms with Crippen molar-refractivity contribution in [1.29, 1.82) is 0 Å². The van der Waals surface area contributed by atoms with Gasteiger partial charge in [-0.15, -0.1) is 0 Å². The van der Waals surface area contributed by atoms with E-state index in [0.717, 1.165) is 25.9 Å². The summed E-state index contributed by atoms with van der Waals surface area (Å²) in [5.74, 6) is 0.563. The number of carbonyl (C=O) groups excluding carboxylic acids is 1. The molecule has 3 aliphatic rings. The Labute approximate surface area is 136 Å². The Hall–Kier alpha value is -1.59. The summed E-state index contributed by atoms with van der Waals surface area (Å²) in [6, 6.07) is 10.4. The first kappa shape index (κ1) is 15.0. The number of aliphatic hydroxyl groups is 1. The molecular weight excluding hydrogens is 292 g/mol. The highest BCUT2D eigenvalue weighted by molar-refractivity contribution is 5.70. The van der Waals surface area contributed by atoms with Gasteiger partial charge in [0.15, 0.2) is 0 Å². The predicted octanol–water partition coefficient (Wildman–Crippen LogP) is 1.85. The van der Waals surface area contributed by atoms with Crippen LogP contribution in [0.15, 0.2) is 30.3 Å². The minimum absolute atomic E-state index is 0.0309. The third-order valence-electron chi connectivity index (χ3n) is 5.62. The molecule has 5 heteroatoms. The van der Waals surface area contributed by atoms with Gasteiger partial charge < -0.3 is 9.84 Å². The molecule has 0 spiro atoms. The maximum atomic E-state index is 12.3. The van der Waals surface area contributed by atoms with E-state index in [2.05, 4.69) is 17.0 Å². The third kappa shape index (κ3) is 2.42. The number of hydrogen-bond donors (Lipinski definition) is 1. The molecule has 3 fully saturated rings. The molecule has 5 nitrogen and oxygen atoms in total. The summed E-state index contributed by atoms with van der Waals surface area (Å²) in [4.78, 5) is 16.5. The predicted molar refractivity (Wildman–Crippen MR) is 85.8 cm³/mol. The van der Waals surface area contributed by atoms with Gasteiger partial charge in [0.1, 0.15) is 0 Å². The molecule has 3 heterocycles. The van der Waals surface area contributed by atoms with Crippen LogP contribution in [0, 0.1) is 5.92 Å².